The summed E-state index contributed by atoms with van der Waals surface area (Å²) in [4.78, 5) is 13.3. The van der Waals surface area contributed by atoms with Crippen LogP contribution in [0.1, 0.15) is 26.7 Å². The maximum atomic E-state index is 12.3. The average molecular weight is 313 g/mol. The number of carbonyl (C=O) groups excluding carboxylic acids is 1. The minimum Gasteiger partial charge on any atom is -0.348 e. The van der Waals surface area contributed by atoms with Gasteiger partial charge >= 0.3 is 0 Å². The standard InChI is InChI=1S/C15H21ClN2OS/c1-10(20-13-7-5-12(16)6-8-13)14(19)18-15(2,9-17)11-3-4-11/h5-8,10-11H,3-4,9,17H2,1-2H3,(H,18,19). The molecule has 0 heterocycles. The number of hydrogen-bond donors (Lipinski definition) is 2. The summed E-state index contributed by atoms with van der Waals surface area (Å²) in [6, 6.07) is 7.53. The van der Waals surface area contributed by atoms with Gasteiger partial charge in [-0.25, -0.2) is 0 Å². The molecule has 5 heteroatoms. The maximum absolute atomic E-state index is 12.3. The van der Waals surface area contributed by atoms with E-state index in [-0.39, 0.29) is 16.7 Å². The van der Waals surface area contributed by atoms with Gasteiger partial charge in [-0.3, -0.25) is 4.79 Å². The predicted molar refractivity (Wildman–Crippen MR) is 85.1 cm³/mol. The van der Waals surface area contributed by atoms with Gasteiger partial charge in [0.2, 0.25) is 5.91 Å². The summed E-state index contributed by atoms with van der Waals surface area (Å²) >= 11 is 7.39. The van der Waals surface area contributed by atoms with Crippen LogP contribution >= 0.6 is 23.4 Å². The fourth-order valence-electron chi connectivity index (χ4n) is 2.19. The van der Waals surface area contributed by atoms with Crippen molar-refractivity contribution < 1.29 is 4.79 Å². The lowest BCUT2D eigenvalue weighted by molar-refractivity contribution is -0.122. The lowest BCUT2D eigenvalue weighted by atomic mass is 9.96. The van der Waals surface area contributed by atoms with E-state index in [4.69, 9.17) is 17.3 Å². The fourth-order valence-corrected chi connectivity index (χ4v) is 3.19. The number of benzene rings is 1. The molecule has 0 spiro atoms. The maximum Gasteiger partial charge on any atom is 0.233 e. The molecule has 110 valence electrons. The molecule has 1 fully saturated rings. The van der Waals surface area contributed by atoms with Crippen LogP contribution in [0.3, 0.4) is 0 Å². The van der Waals surface area contributed by atoms with E-state index in [9.17, 15) is 4.79 Å². The molecule has 1 amide bonds. The van der Waals surface area contributed by atoms with Gasteiger partial charge in [0.15, 0.2) is 0 Å². The Morgan fingerprint density at radius 2 is 2.10 bits per heavy atom. The van der Waals surface area contributed by atoms with E-state index >= 15 is 0 Å². The molecule has 2 unspecified atom stereocenters. The minimum atomic E-state index is -0.258. The molecule has 0 saturated heterocycles. The number of halogens is 1. The highest BCUT2D eigenvalue weighted by molar-refractivity contribution is 8.00. The molecule has 1 aromatic rings. The molecule has 20 heavy (non-hydrogen) atoms. The van der Waals surface area contributed by atoms with E-state index in [1.165, 1.54) is 11.8 Å². The Labute approximate surface area is 129 Å². The van der Waals surface area contributed by atoms with E-state index in [2.05, 4.69) is 5.32 Å². The fraction of sp³-hybridized carbons (Fsp3) is 0.533. The van der Waals surface area contributed by atoms with Crippen LogP contribution in [0.2, 0.25) is 5.02 Å². The lowest BCUT2D eigenvalue weighted by Crippen LogP contribution is -2.54. The van der Waals surface area contributed by atoms with Crippen LogP contribution in [0.4, 0.5) is 0 Å². The van der Waals surface area contributed by atoms with Gasteiger partial charge in [0.1, 0.15) is 0 Å². The summed E-state index contributed by atoms with van der Waals surface area (Å²) in [7, 11) is 0. The summed E-state index contributed by atoms with van der Waals surface area (Å²) in [6.45, 7) is 4.45. The van der Waals surface area contributed by atoms with Gasteiger partial charge < -0.3 is 11.1 Å². The first-order valence-electron chi connectivity index (χ1n) is 6.89. The number of rotatable bonds is 6. The second-order valence-corrected chi connectivity index (χ2v) is 7.45. The van der Waals surface area contributed by atoms with Gasteiger partial charge in [0.05, 0.1) is 10.8 Å². The van der Waals surface area contributed by atoms with Crippen LogP contribution in [-0.2, 0) is 4.79 Å². The normalized spacial score (nSPS) is 19.2. The number of amides is 1. The number of carbonyl (C=O) groups is 1. The molecule has 1 aromatic carbocycles. The van der Waals surface area contributed by atoms with Crippen molar-refractivity contribution in [1.29, 1.82) is 0 Å². The Kier molecular flexibility index (Phi) is 4.99. The van der Waals surface area contributed by atoms with Crippen LogP contribution in [-0.4, -0.2) is 23.2 Å². The van der Waals surface area contributed by atoms with Crippen LogP contribution in [0, 0.1) is 5.92 Å². The van der Waals surface area contributed by atoms with E-state index in [0.29, 0.717) is 17.5 Å². The largest absolute Gasteiger partial charge is 0.348 e. The van der Waals surface area contributed by atoms with Gasteiger partial charge in [-0.15, -0.1) is 11.8 Å². The van der Waals surface area contributed by atoms with Gasteiger partial charge in [-0.2, -0.15) is 0 Å². The first-order chi connectivity index (χ1) is 9.44. The summed E-state index contributed by atoms with van der Waals surface area (Å²) < 4.78 is 0. The molecule has 1 saturated carbocycles. The number of nitrogens with one attached hydrogen (secondary N) is 1. The molecule has 0 radical (unpaired) electrons. The molecule has 0 aromatic heterocycles. The third-order valence-electron chi connectivity index (χ3n) is 3.81. The summed E-state index contributed by atoms with van der Waals surface area (Å²) in [5, 5.41) is 3.68. The van der Waals surface area contributed by atoms with E-state index < -0.39 is 0 Å². The van der Waals surface area contributed by atoms with Crippen molar-refractivity contribution in [3.05, 3.63) is 29.3 Å². The molecule has 1 aliphatic carbocycles. The van der Waals surface area contributed by atoms with Gasteiger partial charge in [-0.1, -0.05) is 11.6 Å². The van der Waals surface area contributed by atoms with Crippen molar-refractivity contribution in [2.24, 2.45) is 11.7 Å². The number of hydrogen-bond acceptors (Lipinski definition) is 3. The van der Waals surface area contributed by atoms with E-state index in [0.717, 1.165) is 17.7 Å². The van der Waals surface area contributed by atoms with E-state index in [1.54, 1.807) is 0 Å². The quantitative estimate of drug-likeness (QED) is 0.794. The predicted octanol–water partition coefficient (Wildman–Crippen LogP) is 3.06. The third kappa shape index (κ3) is 3.90. The SMILES string of the molecule is CC(Sc1ccc(Cl)cc1)C(=O)NC(C)(CN)C1CC1. The van der Waals surface area contributed by atoms with Crippen LogP contribution in [0.15, 0.2) is 29.2 Å². The van der Waals surface area contributed by atoms with Crippen molar-refractivity contribution in [3.63, 3.8) is 0 Å². The highest BCUT2D eigenvalue weighted by atomic mass is 35.5. The summed E-state index contributed by atoms with van der Waals surface area (Å²) in [6.07, 6.45) is 2.32. The second kappa shape index (κ2) is 6.37. The van der Waals surface area contributed by atoms with Crippen molar-refractivity contribution in [3.8, 4) is 0 Å². The van der Waals surface area contributed by atoms with Crippen LogP contribution in [0.5, 0.6) is 0 Å². The van der Waals surface area contributed by atoms with Crippen molar-refractivity contribution in [1.82, 2.24) is 5.32 Å². The average Bonchev–Trinajstić information content (AvgIpc) is 3.26. The Balaban J connectivity index is 1.93. The molecule has 0 aliphatic heterocycles. The molecule has 2 rings (SSSR count). The van der Waals surface area contributed by atoms with Gasteiger partial charge in [0.25, 0.3) is 0 Å². The Hall–Kier alpha value is -0.710. The molecule has 0 bridgehead atoms. The van der Waals surface area contributed by atoms with Gasteiger partial charge in [0, 0.05) is 16.5 Å². The molecular formula is C15H21ClN2OS. The first-order valence-corrected chi connectivity index (χ1v) is 8.14. The van der Waals surface area contributed by atoms with Crippen LogP contribution < -0.4 is 11.1 Å². The Morgan fingerprint density at radius 3 is 2.60 bits per heavy atom. The second-order valence-electron chi connectivity index (χ2n) is 5.60. The van der Waals surface area contributed by atoms with Gasteiger partial charge in [-0.05, 0) is 56.9 Å². The highest BCUT2D eigenvalue weighted by Gasteiger charge is 2.42. The van der Waals surface area contributed by atoms with Crippen molar-refractivity contribution >= 4 is 29.3 Å². The Morgan fingerprint density at radius 1 is 1.50 bits per heavy atom. The molecule has 3 nitrogen and oxygen atoms in total. The zero-order chi connectivity index (χ0) is 14.8. The van der Waals surface area contributed by atoms with Crippen molar-refractivity contribution in [2.75, 3.05) is 6.54 Å². The third-order valence-corrected chi connectivity index (χ3v) is 5.17. The highest BCUT2D eigenvalue weighted by Crippen LogP contribution is 2.39. The van der Waals surface area contributed by atoms with E-state index in [1.807, 2.05) is 38.1 Å². The molecule has 2 atom stereocenters. The topological polar surface area (TPSA) is 55.1 Å². The monoisotopic (exact) mass is 312 g/mol. The smallest absolute Gasteiger partial charge is 0.233 e. The molecule has 3 N–H and O–H groups in total. The summed E-state index contributed by atoms with van der Waals surface area (Å²) in [5.74, 6) is 0.578. The zero-order valence-electron chi connectivity index (χ0n) is 11.9. The Bertz CT molecular complexity index is 475. The molecular weight excluding hydrogens is 292 g/mol. The van der Waals surface area contributed by atoms with Crippen molar-refractivity contribution in [2.45, 2.75) is 42.4 Å². The van der Waals surface area contributed by atoms with Crippen LogP contribution in [0.25, 0.3) is 0 Å². The number of thioether (sulfide) groups is 1. The number of nitrogens with two attached hydrogens (primary N) is 1. The minimum absolute atomic E-state index is 0.0461. The lowest BCUT2D eigenvalue weighted by Gasteiger charge is -2.30. The molecule has 1 aliphatic rings. The zero-order valence-corrected chi connectivity index (χ0v) is 13.4. The first kappa shape index (κ1) is 15.7. The summed E-state index contributed by atoms with van der Waals surface area (Å²) in [5.41, 5.74) is 5.57.